The minimum Gasteiger partial charge on any atom is -0.394 e. The fourth-order valence-corrected chi connectivity index (χ4v) is 1.59. The Morgan fingerprint density at radius 1 is 1.40 bits per heavy atom. The summed E-state index contributed by atoms with van der Waals surface area (Å²) in [6.07, 6.45) is 0. The molecule has 0 aliphatic rings. The second-order valence-corrected chi connectivity index (χ2v) is 5.05. The van der Waals surface area contributed by atoms with Gasteiger partial charge < -0.3 is 20.6 Å². The predicted octanol–water partition coefficient (Wildman–Crippen LogP) is 2.17. The lowest BCUT2D eigenvalue weighted by molar-refractivity contribution is 0.229. The molecule has 1 atom stereocenters. The molecule has 112 valence electrons. The normalized spacial score (nSPS) is 12.2. The number of hydrogen-bond acceptors (Lipinski definition) is 3. The van der Waals surface area contributed by atoms with Gasteiger partial charge in [0.1, 0.15) is 5.82 Å². The van der Waals surface area contributed by atoms with Crippen LogP contribution in [0.4, 0.5) is 20.6 Å². The van der Waals surface area contributed by atoms with Crippen molar-refractivity contribution in [3.05, 3.63) is 24.0 Å². The molecule has 0 heterocycles. The summed E-state index contributed by atoms with van der Waals surface area (Å²) < 4.78 is 14.0. The number of anilines is 2. The van der Waals surface area contributed by atoms with E-state index in [9.17, 15) is 9.18 Å². The number of aliphatic hydroxyl groups excluding tert-OH is 1. The van der Waals surface area contributed by atoms with E-state index < -0.39 is 11.8 Å². The first-order valence-corrected chi connectivity index (χ1v) is 6.56. The van der Waals surface area contributed by atoms with E-state index in [0.29, 0.717) is 11.4 Å². The van der Waals surface area contributed by atoms with E-state index >= 15 is 0 Å². The third kappa shape index (κ3) is 4.38. The molecule has 5 nitrogen and oxygen atoms in total. The molecule has 1 aromatic rings. The van der Waals surface area contributed by atoms with E-state index in [0.717, 1.165) is 0 Å². The zero-order valence-corrected chi connectivity index (χ0v) is 12.3. The monoisotopic (exact) mass is 283 g/mol. The second-order valence-electron chi connectivity index (χ2n) is 5.05. The molecular formula is C14H22FN3O2. The van der Waals surface area contributed by atoms with Crippen molar-refractivity contribution < 1.29 is 14.3 Å². The van der Waals surface area contributed by atoms with Crippen LogP contribution < -0.4 is 15.5 Å². The fourth-order valence-electron chi connectivity index (χ4n) is 1.59. The Morgan fingerprint density at radius 2 is 2.05 bits per heavy atom. The Bertz CT molecular complexity index is 466. The third-order valence-corrected chi connectivity index (χ3v) is 3.01. The maximum atomic E-state index is 14.0. The largest absolute Gasteiger partial charge is 0.394 e. The van der Waals surface area contributed by atoms with E-state index in [1.54, 1.807) is 19.1 Å². The van der Waals surface area contributed by atoms with Crippen LogP contribution in [0.2, 0.25) is 0 Å². The van der Waals surface area contributed by atoms with Gasteiger partial charge in [-0.3, -0.25) is 0 Å². The smallest absolute Gasteiger partial charge is 0.319 e. The lowest BCUT2D eigenvalue weighted by Gasteiger charge is -2.24. The quantitative estimate of drug-likeness (QED) is 0.776. The SMILES string of the molecule is CC(CO)NC(=O)Nc1ccc(N(C)C(C)C)c(F)c1. The maximum absolute atomic E-state index is 14.0. The van der Waals surface area contributed by atoms with Gasteiger partial charge in [-0.15, -0.1) is 0 Å². The van der Waals surface area contributed by atoms with Crippen LogP contribution in [0.3, 0.4) is 0 Å². The van der Waals surface area contributed by atoms with Gasteiger partial charge in [-0.1, -0.05) is 0 Å². The standard InChI is InChI=1S/C14H22FN3O2/c1-9(2)18(4)13-6-5-11(7-12(13)15)17-14(20)16-10(3)8-19/h5-7,9-10,19H,8H2,1-4H3,(H2,16,17,20). The van der Waals surface area contributed by atoms with Crippen LogP contribution in [0.25, 0.3) is 0 Å². The highest BCUT2D eigenvalue weighted by molar-refractivity contribution is 5.89. The Labute approximate surface area is 118 Å². The van der Waals surface area contributed by atoms with Crippen molar-refractivity contribution >= 4 is 17.4 Å². The van der Waals surface area contributed by atoms with Crippen molar-refractivity contribution in [2.75, 3.05) is 23.9 Å². The molecule has 2 amide bonds. The molecule has 0 bridgehead atoms. The van der Waals surface area contributed by atoms with Crippen LogP contribution in [0, 0.1) is 5.82 Å². The van der Waals surface area contributed by atoms with Crippen LogP contribution in [-0.2, 0) is 0 Å². The van der Waals surface area contributed by atoms with Gasteiger partial charge in [-0.05, 0) is 39.0 Å². The number of aliphatic hydroxyl groups is 1. The number of nitrogens with one attached hydrogen (secondary N) is 2. The van der Waals surface area contributed by atoms with E-state index in [1.807, 2.05) is 25.8 Å². The van der Waals surface area contributed by atoms with E-state index in [2.05, 4.69) is 10.6 Å². The van der Waals surface area contributed by atoms with Crippen LogP contribution in [0.15, 0.2) is 18.2 Å². The van der Waals surface area contributed by atoms with Crippen molar-refractivity contribution in [2.45, 2.75) is 32.9 Å². The van der Waals surface area contributed by atoms with E-state index in [-0.39, 0.29) is 18.7 Å². The zero-order chi connectivity index (χ0) is 15.3. The van der Waals surface area contributed by atoms with Gasteiger partial charge in [-0.2, -0.15) is 0 Å². The van der Waals surface area contributed by atoms with Crippen molar-refractivity contribution in [3.63, 3.8) is 0 Å². The lowest BCUT2D eigenvalue weighted by Crippen LogP contribution is -2.38. The molecule has 0 fully saturated rings. The van der Waals surface area contributed by atoms with Gasteiger partial charge >= 0.3 is 6.03 Å². The molecule has 3 N–H and O–H groups in total. The number of nitrogens with zero attached hydrogens (tertiary/aromatic N) is 1. The summed E-state index contributed by atoms with van der Waals surface area (Å²) in [6.45, 7) is 5.45. The van der Waals surface area contributed by atoms with Crippen LogP contribution in [-0.4, -0.2) is 36.9 Å². The first kappa shape index (κ1) is 16.2. The lowest BCUT2D eigenvalue weighted by atomic mass is 10.2. The van der Waals surface area contributed by atoms with Crippen molar-refractivity contribution in [1.82, 2.24) is 5.32 Å². The Hall–Kier alpha value is -1.82. The second kappa shape index (κ2) is 7.09. The number of benzene rings is 1. The summed E-state index contributed by atoms with van der Waals surface area (Å²) in [7, 11) is 1.81. The first-order valence-electron chi connectivity index (χ1n) is 6.56. The number of hydrogen-bond donors (Lipinski definition) is 3. The molecule has 6 heteroatoms. The first-order chi connectivity index (χ1) is 9.35. The van der Waals surface area contributed by atoms with Crippen molar-refractivity contribution in [2.24, 2.45) is 0 Å². The van der Waals surface area contributed by atoms with Gasteiger partial charge in [0.05, 0.1) is 18.3 Å². The summed E-state index contributed by atoms with van der Waals surface area (Å²) in [4.78, 5) is 13.4. The Balaban J connectivity index is 2.75. The van der Waals surface area contributed by atoms with E-state index in [4.69, 9.17) is 5.11 Å². The average molecular weight is 283 g/mol. The van der Waals surface area contributed by atoms with Gasteiger partial charge in [-0.25, -0.2) is 9.18 Å². The summed E-state index contributed by atoms with van der Waals surface area (Å²) in [6, 6.07) is 3.89. The maximum Gasteiger partial charge on any atom is 0.319 e. The van der Waals surface area contributed by atoms with E-state index in [1.165, 1.54) is 6.07 Å². The molecule has 0 aromatic heterocycles. The molecule has 0 aliphatic carbocycles. The van der Waals surface area contributed by atoms with Crippen molar-refractivity contribution in [3.8, 4) is 0 Å². The molecule has 20 heavy (non-hydrogen) atoms. The molecule has 0 spiro atoms. The molecule has 0 saturated heterocycles. The number of carbonyl (C=O) groups is 1. The molecule has 0 saturated carbocycles. The summed E-state index contributed by atoms with van der Waals surface area (Å²) >= 11 is 0. The molecule has 0 aliphatic heterocycles. The van der Waals surface area contributed by atoms with Gasteiger partial charge in [0, 0.05) is 18.8 Å². The molecule has 1 unspecified atom stereocenters. The topological polar surface area (TPSA) is 64.6 Å². The third-order valence-electron chi connectivity index (χ3n) is 3.01. The zero-order valence-electron chi connectivity index (χ0n) is 12.3. The highest BCUT2D eigenvalue weighted by Crippen LogP contribution is 2.23. The van der Waals surface area contributed by atoms with Gasteiger partial charge in [0.2, 0.25) is 0 Å². The fraction of sp³-hybridized carbons (Fsp3) is 0.500. The molecule has 0 radical (unpaired) electrons. The Morgan fingerprint density at radius 3 is 2.55 bits per heavy atom. The Kier molecular flexibility index (Phi) is 5.76. The van der Waals surface area contributed by atoms with Crippen LogP contribution >= 0.6 is 0 Å². The summed E-state index contributed by atoms with van der Waals surface area (Å²) in [5, 5.41) is 13.9. The molecular weight excluding hydrogens is 261 g/mol. The molecule has 1 aromatic carbocycles. The summed E-state index contributed by atoms with van der Waals surface area (Å²) in [5.41, 5.74) is 0.848. The van der Waals surface area contributed by atoms with Crippen LogP contribution in [0.5, 0.6) is 0 Å². The number of carbonyl (C=O) groups excluding carboxylic acids is 1. The highest BCUT2D eigenvalue weighted by atomic mass is 19.1. The minimum absolute atomic E-state index is 0.153. The average Bonchev–Trinajstić information content (AvgIpc) is 2.37. The van der Waals surface area contributed by atoms with Gasteiger partial charge in [0.25, 0.3) is 0 Å². The predicted molar refractivity (Wildman–Crippen MR) is 78.6 cm³/mol. The number of rotatable bonds is 5. The summed E-state index contributed by atoms with van der Waals surface area (Å²) in [5.74, 6) is -0.394. The molecule has 1 rings (SSSR count). The highest BCUT2D eigenvalue weighted by Gasteiger charge is 2.12. The number of halogens is 1. The minimum atomic E-state index is -0.476. The number of amides is 2. The number of urea groups is 1. The van der Waals surface area contributed by atoms with Crippen LogP contribution in [0.1, 0.15) is 20.8 Å². The van der Waals surface area contributed by atoms with Gasteiger partial charge in [0.15, 0.2) is 0 Å². The van der Waals surface area contributed by atoms with Crippen molar-refractivity contribution in [1.29, 1.82) is 0 Å².